The molecule has 0 spiro atoms. The van der Waals surface area contributed by atoms with Crippen LogP contribution in [0.2, 0.25) is 0 Å². The monoisotopic (exact) mass is 340 g/mol. The van der Waals surface area contributed by atoms with Gasteiger partial charge in [0.05, 0.1) is 5.75 Å². The SMILES string of the molecule is C[C@@H]1Oc2ccccc2O[C@H]1C(=O)NCCN1CCCS1(=O)=O. The Morgan fingerprint density at radius 1 is 1.30 bits per heavy atom. The van der Waals surface area contributed by atoms with Crippen molar-refractivity contribution in [3.63, 3.8) is 0 Å². The van der Waals surface area contributed by atoms with Crippen LogP contribution in [0.5, 0.6) is 11.5 Å². The van der Waals surface area contributed by atoms with E-state index in [2.05, 4.69) is 5.32 Å². The van der Waals surface area contributed by atoms with Crippen LogP contribution in [0.25, 0.3) is 0 Å². The van der Waals surface area contributed by atoms with Crippen LogP contribution >= 0.6 is 0 Å². The van der Waals surface area contributed by atoms with Gasteiger partial charge in [0.1, 0.15) is 6.10 Å². The van der Waals surface area contributed by atoms with Crippen LogP contribution in [-0.2, 0) is 14.8 Å². The molecule has 2 heterocycles. The highest BCUT2D eigenvalue weighted by Crippen LogP contribution is 2.33. The van der Waals surface area contributed by atoms with Crippen LogP contribution in [0.15, 0.2) is 24.3 Å². The molecule has 2 aliphatic heterocycles. The second-order valence-electron chi connectivity index (χ2n) is 5.67. The fraction of sp³-hybridized carbons (Fsp3) is 0.533. The summed E-state index contributed by atoms with van der Waals surface area (Å²) in [7, 11) is -3.13. The van der Waals surface area contributed by atoms with E-state index in [1.165, 1.54) is 4.31 Å². The Bertz CT molecular complexity index is 691. The average molecular weight is 340 g/mol. The zero-order chi connectivity index (χ0) is 16.4. The molecule has 0 saturated carbocycles. The van der Waals surface area contributed by atoms with Gasteiger partial charge in [-0.2, -0.15) is 0 Å². The van der Waals surface area contributed by atoms with Crippen molar-refractivity contribution >= 4 is 15.9 Å². The third-order valence-electron chi connectivity index (χ3n) is 3.96. The highest BCUT2D eigenvalue weighted by Gasteiger charge is 2.34. The van der Waals surface area contributed by atoms with Crippen LogP contribution in [-0.4, -0.2) is 56.2 Å². The molecule has 1 fully saturated rings. The molecule has 8 heteroatoms. The maximum absolute atomic E-state index is 12.3. The first kappa shape index (κ1) is 16.1. The van der Waals surface area contributed by atoms with E-state index >= 15 is 0 Å². The van der Waals surface area contributed by atoms with Crippen molar-refractivity contribution in [1.29, 1.82) is 0 Å². The molecule has 1 saturated heterocycles. The van der Waals surface area contributed by atoms with Crippen molar-refractivity contribution in [2.75, 3.05) is 25.4 Å². The van der Waals surface area contributed by atoms with Gasteiger partial charge in [-0.1, -0.05) is 12.1 Å². The Morgan fingerprint density at radius 3 is 2.65 bits per heavy atom. The van der Waals surface area contributed by atoms with E-state index in [9.17, 15) is 13.2 Å². The molecule has 0 radical (unpaired) electrons. The summed E-state index contributed by atoms with van der Waals surface area (Å²) in [5.41, 5.74) is 0. The summed E-state index contributed by atoms with van der Waals surface area (Å²) in [5.74, 6) is 1.04. The fourth-order valence-corrected chi connectivity index (χ4v) is 4.28. The summed E-state index contributed by atoms with van der Waals surface area (Å²) >= 11 is 0. The highest BCUT2D eigenvalue weighted by atomic mass is 32.2. The fourth-order valence-electron chi connectivity index (χ4n) is 2.75. The Labute approximate surface area is 135 Å². The molecule has 1 aromatic carbocycles. The van der Waals surface area contributed by atoms with E-state index in [0.717, 1.165) is 0 Å². The van der Waals surface area contributed by atoms with Gasteiger partial charge in [-0.25, -0.2) is 12.7 Å². The van der Waals surface area contributed by atoms with Crippen LogP contribution in [0, 0.1) is 0 Å². The number of carbonyl (C=O) groups excluding carboxylic acids is 1. The van der Waals surface area contributed by atoms with Crippen LogP contribution < -0.4 is 14.8 Å². The van der Waals surface area contributed by atoms with E-state index < -0.39 is 22.2 Å². The minimum Gasteiger partial charge on any atom is -0.482 e. The number of sulfonamides is 1. The second kappa shape index (κ2) is 6.37. The van der Waals surface area contributed by atoms with Gasteiger partial charge in [-0.3, -0.25) is 4.79 Å². The van der Waals surface area contributed by atoms with Gasteiger partial charge in [0.25, 0.3) is 5.91 Å². The minimum absolute atomic E-state index is 0.189. The number of hydrogen-bond donors (Lipinski definition) is 1. The normalized spacial score (nSPS) is 26.0. The van der Waals surface area contributed by atoms with Crippen molar-refractivity contribution in [3.05, 3.63) is 24.3 Å². The lowest BCUT2D eigenvalue weighted by Gasteiger charge is -2.31. The maximum Gasteiger partial charge on any atom is 0.265 e. The minimum atomic E-state index is -3.13. The first-order valence-corrected chi connectivity index (χ1v) is 9.26. The lowest BCUT2D eigenvalue weighted by molar-refractivity contribution is -0.133. The Balaban J connectivity index is 1.55. The Hall–Kier alpha value is -1.80. The molecule has 7 nitrogen and oxygen atoms in total. The molecule has 126 valence electrons. The molecule has 23 heavy (non-hydrogen) atoms. The molecule has 0 aliphatic carbocycles. The largest absolute Gasteiger partial charge is 0.482 e. The van der Waals surface area contributed by atoms with Gasteiger partial charge < -0.3 is 14.8 Å². The molecule has 0 bridgehead atoms. The van der Waals surface area contributed by atoms with Crippen molar-refractivity contribution in [2.24, 2.45) is 0 Å². The van der Waals surface area contributed by atoms with E-state index in [1.807, 2.05) is 12.1 Å². The van der Waals surface area contributed by atoms with Gasteiger partial charge >= 0.3 is 0 Å². The molecule has 3 rings (SSSR count). The van der Waals surface area contributed by atoms with E-state index in [-0.39, 0.29) is 24.7 Å². The van der Waals surface area contributed by atoms with Gasteiger partial charge in [0.2, 0.25) is 16.1 Å². The molecule has 1 aromatic rings. The van der Waals surface area contributed by atoms with E-state index in [4.69, 9.17) is 9.47 Å². The number of fused-ring (bicyclic) bond motifs is 1. The third-order valence-corrected chi connectivity index (χ3v) is 5.92. The molecule has 2 aliphatic rings. The molecule has 0 aromatic heterocycles. The Morgan fingerprint density at radius 2 is 2.00 bits per heavy atom. The molecule has 0 unspecified atom stereocenters. The summed E-state index contributed by atoms with van der Waals surface area (Å²) in [6.07, 6.45) is -0.524. The molecular weight excluding hydrogens is 320 g/mol. The van der Waals surface area contributed by atoms with Crippen LogP contribution in [0.3, 0.4) is 0 Å². The lowest BCUT2D eigenvalue weighted by Crippen LogP contribution is -2.50. The number of hydrogen-bond acceptors (Lipinski definition) is 5. The summed E-state index contributed by atoms with van der Waals surface area (Å²) < 4.78 is 36.2. The highest BCUT2D eigenvalue weighted by molar-refractivity contribution is 7.89. The van der Waals surface area contributed by atoms with E-state index in [0.29, 0.717) is 24.5 Å². The number of nitrogens with zero attached hydrogens (tertiary/aromatic N) is 1. The van der Waals surface area contributed by atoms with Crippen molar-refractivity contribution < 1.29 is 22.7 Å². The molecule has 1 amide bonds. The summed E-state index contributed by atoms with van der Waals surface area (Å²) in [4.78, 5) is 12.3. The van der Waals surface area contributed by atoms with Gasteiger partial charge in [-0.05, 0) is 25.5 Å². The summed E-state index contributed by atoms with van der Waals surface area (Å²) in [5, 5.41) is 2.73. The smallest absolute Gasteiger partial charge is 0.265 e. The first-order chi connectivity index (χ1) is 11.0. The average Bonchev–Trinajstić information content (AvgIpc) is 2.85. The van der Waals surface area contributed by atoms with Crippen molar-refractivity contribution in [3.8, 4) is 11.5 Å². The molecular formula is C15H20N2O5S. The van der Waals surface area contributed by atoms with Crippen molar-refractivity contribution in [1.82, 2.24) is 9.62 Å². The topological polar surface area (TPSA) is 84.9 Å². The van der Waals surface area contributed by atoms with Crippen molar-refractivity contribution in [2.45, 2.75) is 25.6 Å². The number of ether oxygens (including phenoxy) is 2. The number of amides is 1. The zero-order valence-electron chi connectivity index (χ0n) is 12.9. The van der Waals surface area contributed by atoms with Gasteiger partial charge in [-0.15, -0.1) is 0 Å². The van der Waals surface area contributed by atoms with Crippen LogP contribution in [0.4, 0.5) is 0 Å². The number of benzene rings is 1. The Kier molecular flexibility index (Phi) is 4.45. The summed E-state index contributed by atoms with van der Waals surface area (Å²) in [6.45, 7) is 2.83. The quantitative estimate of drug-likeness (QED) is 0.856. The number of nitrogens with one attached hydrogen (secondary N) is 1. The standard InChI is InChI=1S/C15H20N2O5S/c1-11-14(22-13-6-3-2-5-12(13)21-11)15(18)16-7-9-17-8-4-10-23(17,19)20/h2-3,5-6,11,14H,4,7-10H2,1H3,(H,16,18)/t11-,14+/m0/s1. The molecule has 2 atom stereocenters. The predicted molar refractivity (Wildman–Crippen MR) is 83.9 cm³/mol. The molecule has 1 N–H and O–H groups in total. The third kappa shape index (κ3) is 3.42. The van der Waals surface area contributed by atoms with Gasteiger partial charge in [0.15, 0.2) is 11.5 Å². The van der Waals surface area contributed by atoms with Crippen LogP contribution in [0.1, 0.15) is 13.3 Å². The van der Waals surface area contributed by atoms with Gasteiger partial charge in [0, 0.05) is 19.6 Å². The summed E-state index contributed by atoms with van der Waals surface area (Å²) in [6, 6.07) is 7.19. The zero-order valence-corrected chi connectivity index (χ0v) is 13.7. The predicted octanol–water partition coefficient (Wildman–Crippen LogP) is 0.367. The second-order valence-corrected chi connectivity index (χ2v) is 7.76. The lowest BCUT2D eigenvalue weighted by atomic mass is 10.1. The number of carbonyl (C=O) groups is 1. The van der Waals surface area contributed by atoms with E-state index in [1.54, 1.807) is 19.1 Å². The number of para-hydroxylation sites is 2. The first-order valence-electron chi connectivity index (χ1n) is 7.65. The maximum atomic E-state index is 12.3. The number of rotatable bonds is 4.